The molecule has 1 aliphatic heterocycles. The maximum Gasteiger partial charge on any atom is 0.137 e. The van der Waals surface area contributed by atoms with Gasteiger partial charge in [0.15, 0.2) is 0 Å². The minimum absolute atomic E-state index is 0.0209. The zero-order valence-corrected chi connectivity index (χ0v) is 12.4. The van der Waals surface area contributed by atoms with E-state index in [0.29, 0.717) is 6.04 Å². The molecule has 1 saturated heterocycles. The highest BCUT2D eigenvalue weighted by Gasteiger charge is 2.38. The molecule has 20 heavy (non-hydrogen) atoms. The van der Waals surface area contributed by atoms with Crippen molar-refractivity contribution in [2.45, 2.75) is 25.3 Å². The molecule has 0 N–H and O–H groups in total. The lowest BCUT2D eigenvalue weighted by atomic mass is 10.0. The summed E-state index contributed by atoms with van der Waals surface area (Å²) in [4.78, 5) is 2.26. The average Bonchev–Trinajstić information content (AvgIpc) is 2.77. The Morgan fingerprint density at radius 1 is 0.950 bits per heavy atom. The van der Waals surface area contributed by atoms with Gasteiger partial charge in [0.05, 0.1) is 0 Å². The number of hydrogen-bond acceptors (Lipinski definition) is 2. The average molecular weight is 288 g/mol. The third-order valence-corrected chi connectivity index (χ3v) is 4.26. The summed E-state index contributed by atoms with van der Waals surface area (Å²) in [6.07, 6.45) is 0.0781. The van der Waals surface area contributed by atoms with Gasteiger partial charge in [-0.25, -0.2) is 0 Å². The number of likely N-dealkylation sites (N-methyl/N-ethyl adjacent to an activating group) is 1. The van der Waals surface area contributed by atoms with Crippen LogP contribution in [0.15, 0.2) is 54.6 Å². The SMILES string of the molecule is C[C@H]1[C@@H](c2ccccc2)O[C@H](c2ccc(Cl)cc2)N1C. The Labute approximate surface area is 124 Å². The summed E-state index contributed by atoms with van der Waals surface area (Å²) in [7, 11) is 2.10. The van der Waals surface area contributed by atoms with Crippen LogP contribution in [0.3, 0.4) is 0 Å². The van der Waals surface area contributed by atoms with Crippen LogP contribution in [0.2, 0.25) is 5.02 Å². The summed E-state index contributed by atoms with van der Waals surface area (Å²) in [6, 6.07) is 18.6. The first kappa shape index (κ1) is 13.6. The molecule has 0 amide bonds. The van der Waals surface area contributed by atoms with E-state index in [2.05, 4.69) is 43.1 Å². The molecule has 0 aliphatic carbocycles. The van der Waals surface area contributed by atoms with Crippen molar-refractivity contribution < 1.29 is 4.74 Å². The lowest BCUT2D eigenvalue weighted by Crippen LogP contribution is -2.27. The number of hydrogen-bond donors (Lipinski definition) is 0. The fourth-order valence-electron chi connectivity index (χ4n) is 2.72. The predicted octanol–water partition coefficient (Wildman–Crippen LogP) is 4.43. The van der Waals surface area contributed by atoms with Crippen LogP contribution in [-0.4, -0.2) is 18.0 Å². The second-order valence-corrected chi connectivity index (χ2v) is 5.71. The second-order valence-electron chi connectivity index (χ2n) is 5.28. The van der Waals surface area contributed by atoms with Gasteiger partial charge in [0.2, 0.25) is 0 Å². The van der Waals surface area contributed by atoms with Crippen molar-refractivity contribution in [1.29, 1.82) is 0 Å². The number of rotatable bonds is 2. The van der Waals surface area contributed by atoms with Crippen LogP contribution in [0, 0.1) is 0 Å². The van der Waals surface area contributed by atoms with Crippen LogP contribution in [0.5, 0.6) is 0 Å². The molecule has 1 aliphatic rings. The molecule has 3 rings (SSSR count). The van der Waals surface area contributed by atoms with Gasteiger partial charge in [-0.2, -0.15) is 0 Å². The molecule has 0 saturated carbocycles. The summed E-state index contributed by atoms with van der Waals surface area (Å²) in [5.41, 5.74) is 2.37. The van der Waals surface area contributed by atoms with Crippen molar-refractivity contribution in [3.8, 4) is 0 Å². The molecule has 1 heterocycles. The monoisotopic (exact) mass is 287 g/mol. The van der Waals surface area contributed by atoms with Crippen LogP contribution in [0.4, 0.5) is 0 Å². The van der Waals surface area contributed by atoms with Crippen molar-refractivity contribution in [2.24, 2.45) is 0 Å². The second kappa shape index (κ2) is 5.57. The van der Waals surface area contributed by atoms with Gasteiger partial charge in [-0.3, -0.25) is 4.90 Å². The Bertz CT molecular complexity index is 569. The lowest BCUT2D eigenvalue weighted by Gasteiger charge is -2.21. The van der Waals surface area contributed by atoms with Crippen LogP contribution < -0.4 is 0 Å². The Balaban J connectivity index is 1.87. The number of benzene rings is 2. The van der Waals surface area contributed by atoms with Gasteiger partial charge in [0.25, 0.3) is 0 Å². The van der Waals surface area contributed by atoms with Gasteiger partial charge in [0, 0.05) is 11.1 Å². The van der Waals surface area contributed by atoms with E-state index in [1.807, 2.05) is 30.3 Å². The van der Waals surface area contributed by atoms with Crippen molar-refractivity contribution in [3.63, 3.8) is 0 Å². The summed E-state index contributed by atoms with van der Waals surface area (Å²) < 4.78 is 6.28. The normalized spacial score (nSPS) is 26.9. The van der Waals surface area contributed by atoms with Gasteiger partial charge in [-0.05, 0) is 37.2 Å². The van der Waals surface area contributed by atoms with Crippen LogP contribution in [0.25, 0.3) is 0 Å². The van der Waals surface area contributed by atoms with Gasteiger partial charge in [-0.15, -0.1) is 0 Å². The lowest BCUT2D eigenvalue weighted by molar-refractivity contribution is 0.00560. The molecule has 2 aromatic carbocycles. The zero-order chi connectivity index (χ0) is 14.1. The third kappa shape index (κ3) is 2.47. The van der Waals surface area contributed by atoms with Crippen molar-refractivity contribution in [1.82, 2.24) is 4.90 Å². The Hall–Kier alpha value is -1.35. The highest BCUT2D eigenvalue weighted by atomic mass is 35.5. The van der Waals surface area contributed by atoms with Crippen LogP contribution in [0.1, 0.15) is 30.4 Å². The minimum Gasteiger partial charge on any atom is -0.349 e. The van der Waals surface area contributed by atoms with Crippen molar-refractivity contribution in [3.05, 3.63) is 70.7 Å². The molecule has 0 aromatic heterocycles. The molecule has 3 atom stereocenters. The molecule has 104 valence electrons. The summed E-state index contributed by atoms with van der Waals surface area (Å²) >= 11 is 5.95. The third-order valence-electron chi connectivity index (χ3n) is 4.01. The van der Waals surface area contributed by atoms with E-state index in [1.54, 1.807) is 0 Å². The molecule has 0 radical (unpaired) electrons. The first-order chi connectivity index (χ1) is 9.66. The van der Waals surface area contributed by atoms with E-state index < -0.39 is 0 Å². The molecule has 3 heteroatoms. The van der Waals surface area contributed by atoms with Gasteiger partial charge >= 0.3 is 0 Å². The maximum absolute atomic E-state index is 6.28. The zero-order valence-electron chi connectivity index (χ0n) is 11.7. The van der Waals surface area contributed by atoms with Crippen LogP contribution >= 0.6 is 11.6 Å². The fraction of sp³-hybridized carbons (Fsp3) is 0.294. The minimum atomic E-state index is -0.0209. The van der Waals surface area contributed by atoms with Crippen LogP contribution in [-0.2, 0) is 4.74 Å². The molecular weight excluding hydrogens is 270 g/mol. The maximum atomic E-state index is 6.28. The van der Waals surface area contributed by atoms with E-state index >= 15 is 0 Å². The molecule has 2 aromatic rings. The van der Waals surface area contributed by atoms with Gasteiger partial charge in [0.1, 0.15) is 12.3 Å². The van der Waals surface area contributed by atoms with Gasteiger partial charge in [-0.1, -0.05) is 54.1 Å². The molecule has 2 nitrogen and oxygen atoms in total. The Kier molecular flexibility index (Phi) is 3.79. The largest absolute Gasteiger partial charge is 0.349 e. The first-order valence-corrected chi connectivity index (χ1v) is 7.22. The highest BCUT2D eigenvalue weighted by molar-refractivity contribution is 6.30. The van der Waals surface area contributed by atoms with Crippen molar-refractivity contribution in [2.75, 3.05) is 7.05 Å². The van der Waals surface area contributed by atoms with E-state index in [-0.39, 0.29) is 12.3 Å². The molecule has 0 bridgehead atoms. The van der Waals surface area contributed by atoms with E-state index in [1.165, 1.54) is 5.56 Å². The number of halogens is 1. The quantitative estimate of drug-likeness (QED) is 0.810. The summed E-state index contributed by atoms with van der Waals surface area (Å²) in [6.45, 7) is 2.20. The molecule has 0 spiro atoms. The van der Waals surface area contributed by atoms with E-state index in [4.69, 9.17) is 16.3 Å². The fourth-order valence-corrected chi connectivity index (χ4v) is 2.84. The number of ether oxygens (including phenoxy) is 1. The standard InChI is InChI=1S/C17H18ClNO/c1-12-16(13-6-4-3-5-7-13)20-17(19(12)2)14-8-10-15(18)11-9-14/h3-12,16-17H,1-2H3/t12-,16-,17+/m0/s1. The smallest absolute Gasteiger partial charge is 0.137 e. The highest BCUT2D eigenvalue weighted by Crippen LogP contribution is 2.41. The van der Waals surface area contributed by atoms with Crippen molar-refractivity contribution >= 4 is 11.6 Å². The molecule has 1 fully saturated rings. The first-order valence-electron chi connectivity index (χ1n) is 6.84. The molecule has 0 unspecified atom stereocenters. The Morgan fingerprint density at radius 3 is 2.25 bits per heavy atom. The number of nitrogens with zero attached hydrogens (tertiary/aromatic N) is 1. The topological polar surface area (TPSA) is 12.5 Å². The Morgan fingerprint density at radius 2 is 1.60 bits per heavy atom. The summed E-state index contributed by atoms with van der Waals surface area (Å²) in [5, 5.41) is 0.752. The van der Waals surface area contributed by atoms with E-state index in [9.17, 15) is 0 Å². The predicted molar refractivity (Wildman–Crippen MR) is 81.7 cm³/mol. The molecular formula is C17H18ClNO. The van der Waals surface area contributed by atoms with E-state index in [0.717, 1.165) is 10.6 Å². The van der Waals surface area contributed by atoms with Gasteiger partial charge < -0.3 is 4.74 Å². The summed E-state index contributed by atoms with van der Waals surface area (Å²) in [5.74, 6) is 0.